The van der Waals surface area contributed by atoms with Gasteiger partial charge < -0.3 is 10.4 Å². The van der Waals surface area contributed by atoms with Gasteiger partial charge in [0, 0.05) is 5.69 Å². The summed E-state index contributed by atoms with van der Waals surface area (Å²) in [6, 6.07) is 4.79. The number of hydrogen-bond donors (Lipinski definition) is 2. The first-order valence-corrected chi connectivity index (χ1v) is 6.00. The number of alkyl halides is 3. The summed E-state index contributed by atoms with van der Waals surface area (Å²) in [4.78, 5) is 0. The monoisotopic (exact) mass is 286 g/mol. The van der Waals surface area contributed by atoms with Crippen LogP contribution >= 0.6 is 0 Å². The first-order chi connectivity index (χ1) is 8.88. The highest BCUT2D eigenvalue weighted by molar-refractivity contribution is 5.55. The van der Waals surface area contributed by atoms with E-state index in [0.717, 1.165) is 12.1 Å². The molecule has 0 heterocycles. The van der Waals surface area contributed by atoms with Crippen LogP contribution in [0.5, 0.6) is 0 Å². The molecule has 0 aliphatic carbocycles. The van der Waals surface area contributed by atoms with E-state index in [9.17, 15) is 18.3 Å². The molecular weight excluding hydrogens is 269 g/mol. The van der Waals surface area contributed by atoms with Crippen molar-refractivity contribution in [1.82, 2.24) is 0 Å². The van der Waals surface area contributed by atoms with Gasteiger partial charge in [-0.15, -0.1) is 0 Å². The summed E-state index contributed by atoms with van der Waals surface area (Å²) >= 11 is 0. The second-order valence-corrected chi connectivity index (χ2v) is 5.68. The second kappa shape index (κ2) is 4.98. The third kappa shape index (κ3) is 3.42. The van der Waals surface area contributed by atoms with Gasteiger partial charge in [0.1, 0.15) is 0 Å². The fourth-order valence-electron chi connectivity index (χ4n) is 1.48. The van der Waals surface area contributed by atoms with Crippen molar-refractivity contribution in [3.05, 3.63) is 29.3 Å². The lowest BCUT2D eigenvalue weighted by Crippen LogP contribution is -2.51. The number of nitrogens with one attached hydrogen (secondary N) is 1. The molecule has 0 saturated carbocycles. The average Bonchev–Trinajstić information content (AvgIpc) is 2.25. The zero-order valence-electron chi connectivity index (χ0n) is 11.8. The van der Waals surface area contributed by atoms with Crippen LogP contribution < -0.4 is 5.32 Å². The molecule has 3 nitrogen and oxygen atoms in total. The van der Waals surface area contributed by atoms with Crippen LogP contribution in [0.2, 0.25) is 0 Å². The standard InChI is InChI=1S/C14H17F3N2O/c1-12(2,13(3,4)20)19-10-5-6-11(14(15,16)17)9(7-10)8-18/h5-7,19-20H,1-4H3. The molecule has 0 radical (unpaired) electrons. The summed E-state index contributed by atoms with van der Waals surface area (Å²) in [5, 5.41) is 21.8. The molecule has 1 rings (SSSR count). The van der Waals surface area contributed by atoms with E-state index in [1.54, 1.807) is 33.8 Å². The van der Waals surface area contributed by atoms with Crippen molar-refractivity contribution in [1.29, 1.82) is 5.26 Å². The molecule has 0 fully saturated rings. The Labute approximate surface area is 116 Å². The number of nitriles is 1. The van der Waals surface area contributed by atoms with E-state index >= 15 is 0 Å². The van der Waals surface area contributed by atoms with Crippen LogP contribution in [-0.2, 0) is 6.18 Å². The Morgan fingerprint density at radius 3 is 2.10 bits per heavy atom. The number of nitrogens with zero attached hydrogens (tertiary/aromatic N) is 1. The van der Waals surface area contributed by atoms with Crippen LogP contribution in [0.25, 0.3) is 0 Å². The normalized spacial score (nSPS) is 12.9. The molecule has 0 unspecified atom stereocenters. The molecule has 110 valence electrons. The van der Waals surface area contributed by atoms with Crippen molar-refractivity contribution in [3.8, 4) is 6.07 Å². The number of benzene rings is 1. The molecule has 20 heavy (non-hydrogen) atoms. The van der Waals surface area contributed by atoms with Crippen LogP contribution in [-0.4, -0.2) is 16.2 Å². The molecule has 0 aliphatic rings. The summed E-state index contributed by atoms with van der Waals surface area (Å²) in [6.07, 6.45) is -4.56. The van der Waals surface area contributed by atoms with Crippen LogP contribution in [0, 0.1) is 11.3 Å². The van der Waals surface area contributed by atoms with Gasteiger partial charge in [-0.3, -0.25) is 0 Å². The Hall–Kier alpha value is -1.74. The van der Waals surface area contributed by atoms with Crippen molar-refractivity contribution < 1.29 is 18.3 Å². The maximum atomic E-state index is 12.7. The largest absolute Gasteiger partial charge is 0.417 e. The number of rotatable bonds is 3. The SMILES string of the molecule is CC(C)(O)C(C)(C)Nc1ccc(C(F)(F)F)c(C#N)c1. The fourth-order valence-corrected chi connectivity index (χ4v) is 1.48. The third-order valence-corrected chi connectivity index (χ3v) is 3.43. The summed E-state index contributed by atoms with van der Waals surface area (Å²) in [5.41, 5.74) is -2.94. The van der Waals surface area contributed by atoms with Gasteiger partial charge >= 0.3 is 6.18 Å². The Bertz CT molecular complexity index is 537. The second-order valence-electron chi connectivity index (χ2n) is 5.68. The van der Waals surface area contributed by atoms with Gasteiger partial charge in [-0.1, -0.05) is 0 Å². The number of aliphatic hydroxyl groups is 1. The maximum Gasteiger partial charge on any atom is 0.417 e. The Kier molecular flexibility index (Phi) is 4.07. The Morgan fingerprint density at radius 2 is 1.70 bits per heavy atom. The zero-order valence-corrected chi connectivity index (χ0v) is 11.8. The fraction of sp³-hybridized carbons (Fsp3) is 0.500. The van der Waals surface area contributed by atoms with Gasteiger partial charge in [0.15, 0.2) is 0 Å². The van der Waals surface area contributed by atoms with E-state index in [1.165, 1.54) is 6.07 Å². The van der Waals surface area contributed by atoms with E-state index in [2.05, 4.69) is 5.32 Å². The van der Waals surface area contributed by atoms with Crippen LogP contribution in [0.1, 0.15) is 38.8 Å². The number of anilines is 1. The van der Waals surface area contributed by atoms with Gasteiger partial charge in [-0.05, 0) is 45.9 Å². The van der Waals surface area contributed by atoms with Crippen molar-refractivity contribution in [2.75, 3.05) is 5.32 Å². The lowest BCUT2D eigenvalue weighted by molar-refractivity contribution is -0.137. The van der Waals surface area contributed by atoms with Crippen molar-refractivity contribution in [2.45, 2.75) is 45.0 Å². The average molecular weight is 286 g/mol. The quantitative estimate of drug-likeness (QED) is 0.893. The number of halogens is 3. The first kappa shape index (κ1) is 16.3. The molecule has 0 atom stereocenters. The van der Waals surface area contributed by atoms with Gasteiger partial charge in [-0.2, -0.15) is 18.4 Å². The van der Waals surface area contributed by atoms with Crippen molar-refractivity contribution >= 4 is 5.69 Å². The molecule has 0 saturated heterocycles. The number of hydrogen-bond acceptors (Lipinski definition) is 3. The van der Waals surface area contributed by atoms with Crippen molar-refractivity contribution in [2.24, 2.45) is 0 Å². The highest BCUT2D eigenvalue weighted by atomic mass is 19.4. The van der Waals surface area contributed by atoms with Crippen LogP contribution in [0.3, 0.4) is 0 Å². The topological polar surface area (TPSA) is 56.0 Å². The third-order valence-electron chi connectivity index (χ3n) is 3.43. The van der Waals surface area contributed by atoms with Gasteiger partial charge in [0.05, 0.1) is 28.3 Å². The maximum absolute atomic E-state index is 12.7. The lowest BCUT2D eigenvalue weighted by atomic mass is 9.85. The van der Waals surface area contributed by atoms with Crippen LogP contribution in [0.15, 0.2) is 18.2 Å². The lowest BCUT2D eigenvalue weighted by Gasteiger charge is -2.39. The Morgan fingerprint density at radius 1 is 1.15 bits per heavy atom. The predicted molar refractivity (Wildman–Crippen MR) is 70.2 cm³/mol. The summed E-state index contributed by atoms with van der Waals surface area (Å²) in [5.74, 6) is 0. The Balaban J connectivity index is 3.17. The highest BCUT2D eigenvalue weighted by Gasteiger charge is 2.36. The molecule has 0 aliphatic heterocycles. The van der Waals surface area contributed by atoms with Gasteiger partial charge in [-0.25, -0.2) is 0 Å². The van der Waals surface area contributed by atoms with Gasteiger partial charge in [0.25, 0.3) is 0 Å². The summed E-state index contributed by atoms with van der Waals surface area (Å²) in [7, 11) is 0. The predicted octanol–water partition coefficient (Wildman–Crippen LogP) is 3.54. The smallest absolute Gasteiger partial charge is 0.388 e. The molecule has 2 N–H and O–H groups in total. The molecule has 1 aromatic rings. The molecular formula is C14H17F3N2O. The molecule has 0 bridgehead atoms. The van der Waals surface area contributed by atoms with Crippen LogP contribution in [0.4, 0.5) is 18.9 Å². The summed E-state index contributed by atoms with van der Waals surface area (Å²) in [6.45, 7) is 6.62. The first-order valence-electron chi connectivity index (χ1n) is 6.00. The zero-order chi connectivity index (χ0) is 15.8. The van der Waals surface area contributed by atoms with E-state index in [4.69, 9.17) is 5.26 Å². The molecule has 0 spiro atoms. The summed E-state index contributed by atoms with van der Waals surface area (Å²) < 4.78 is 38.0. The minimum absolute atomic E-state index is 0.349. The molecule has 0 amide bonds. The minimum Gasteiger partial charge on any atom is -0.388 e. The minimum atomic E-state index is -4.56. The van der Waals surface area contributed by atoms with E-state index < -0.39 is 28.4 Å². The van der Waals surface area contributed by atoms with E-state index in [0.29, 0.717) is 5.69 Å². The van der Waals surface area contributed by atoms with Gasteiger partial charge in [0.2, 0.25) is 0 Å². The van der Waals surface area contributed by atoms with E-state index in [-0.39, 0.29) is 0 Å². The van der Waals surface area contributed by atoms with E-state index in [1.807, 2.05) is 0 Å². The molecule has 0 aromatic heterocycles. The van der Waals surface area contributed by atoms with Crippen molar-refractivity contribution in [3.63, 3.8) is 0 Å². The molecule has 1 aromatic carbocycles. The highest BCUT2D eigenvalue weighted by Crippen LogP contribution is 2.34. The molecule has 6 heteroatoms.